The van der Waals surface area contributed by atoms with Gasteiger partial charge in [0.2, 0.25) is 0 Å². The molecule has 2 fully saturated rings. The van der Waals surface area contributed by atoms with E-state index < -0.39 is 6.10 Å². The fraction of sp³-hybridized carbons (Fsp3) is 0.737. The lowest BCUT2D eigenvalue weighted by Crippen LogP contribution is -2.28. The van der Waals surface area contributed by atoms with Gasteiger partial charge >= 0.3 is 0 Å². The van der Waals surface area contributed by atoms with E-state index in [-0.39, 0.29) is 35.1 Å². The highest BCUT2D eigenvalue weighted by Crippen LogP contribution is 2.48. The van der Waals surface area contributed by atoms with Crippen LogP contribution in [0.5, 0.6) is 0 Å². The highest BCUT2D eigenvalue weighted by atomic mass is 16.3. The lowest BCUT2D eigenvalue weighted by Gasteiger charge is -2.29. The first-order valence-corrected chi connectivity index (χ1v) is 8.52. The molecule has 0 radical (unpaired) electrons. The van der Waals surface area contributed by atoms with Crippen LogP contribution < -0.4 is 0 Å². The molecule has 3 heteroatoms. The van der Waals surface area contributed by atoms with E-state index in [2.05, 4.69) is 27.4 Å². The molecule has 0 aliphatic heterocycles. The van der Waals surface area contributed by atoms with Crippen LogP contribution in [0.25, 0.3) is 0 Å². The van der Waals surface area contributed by atoms with Crippen LogP contribution in [0.15, 0.2) is 24.3 Å². The van der Waals surface area contributed by atoms with Gasteiger partial charge in [0.1, 0.15) is 0 Å². The summed E-state index contributed by atoms with van der Waals surface area (Å²) in [5.74, 6) is 0.324. The van der Waals surface area contributed by atoms with Gasteiger partial charge in [-0.2, -0.15) is 0 Å². The van der Waals surface area contributed by atoms with E-state index in [0.29, 0.717) is 24.8 Å². The minimum absolute atomic E-state index is 0.0229. The summed E-state index contributed by atoms with van der Waals surface area (Å²) in [5, 5.41) is 20.5. The van der Waals surface area contributed by atoms with Gasteiger partial charge in [-0.05, 0) is 42.6 Å². The number of carbonyl (C=O) groups excluding carboxylic acids is 1. The summed E-state index contributed by atoms with van der Waals surface area (Å²) in [6.07, 6.45) is 7.11. The summed E-state index contributed by atoms with van der Waals surface area (Å²) in [5.41, 5.74) is 0.623. The number of aliphatic hydroxyl groups excluding tert-OH is 2. The van der Waals surface area contributed by atoms with Crippen molar-refractivity contribution in [3.63, 3.8) is 0 Å². The molecule has 2 aliphatic rings. The van der Waals surface area contributed by atoms with Crippen molar-refractivity contribution in [3.8, 4) is 0 Å². The van der Waals surface area contributed by atoms with E-state index >= 15 is 0 Å². The molecule has 0 saturated heterocycles. The Bertz CT molecular complexity index is 463. The highest BCUT2D eigenvalue weighted by molar-refractivity contribution is 5.99. The molecule has 22 heavy (non-hydrogen) atoms. The van der Waals surface area contributed by atoms with E-state index in [1.54, 1.807) is 0 Å². The first-order chi connectivity index (χ1) is 10.3. The van der Waals surface area contributed by atoms with E-state index in [4.69, 9.17) is 0 Å². The Kier molecular flexibility index (Phi) is 5.29. The molecule has 2 aliphatic carbocycles. The largest absolute Gasteiger partial charge is 0.392 e. The van der Waals surface area contributed by atoms with Gasteiger partial charge in [-0.1, -0.05) is 45.9 Å². The van der Waals surface area contributed by atoms with Gasteiger partial charge in [0, 0.05) is 11.8 Å². The molecule has 5 atom stereocenters. The van der Waals surface area contributed by atoms with Crippen molar-refractivity contribution in [2.45, 2.75) is 65.1 Å². The summed E-state index contributed by atoms with van der Waals surface area (Å²) < 4.78 is 0. The van der Waals surface area contributed by atoms with Gasteiger partial charge in [0.25, 0.3) is 0 Å². The zero-order valence-corrected chi connectivity index (χ0v) is 14.1. The second kappa shape index (κ2) is 6.67. The number of rotatable bonds is 6. The van der Waals surface area contributed by atoms with Gasteiger partial charge in [0.15, 0.2) is 5.78 Å². The second-order valence-electron chi connectivity index (χ2n) is 7.74. The molecule has 0 aromatic heterocycles. The van der Waals surface area contributed by atoms with Gasteiger partial charge < -0.3 is 10.2 Å². The molecule has 0 spiro atoms. The molecule has 1 unspecified atom stereocenters. The van der Waals surface area contributed by atoms with E-state index in [9.17, 15) is 15.0 Å². The lowest BCUT2D eigenvalue weighted by molar-refractivity contribution is -0.118. The van der Waals surface area contributed by atoms with Crippen LogP contribution >= 0.6 is 0 Å². The predicted octanol–water partition coefficient (Wildman–Crippen LogP) is 3.26. The number of ketones is 1. The Morgan fingerprint density at radius 1 is 1.45 bits per heavy atom. The molecule has 0 aromatic carbocycles. The topological polar surface area (TPSA) is 57.5 Å². The van der Waals surface area contributed by atoms with E-state index in [0.717, 1.165) is 12.8 Å². The average molecular weight is 306 g/mol. The molecule has 2 rings (SSSR count). The normalized spacial score (nSPS) is 33.7. The summed E-state index contributed by atoms with van der Waals surface area (Å²) >= 11 is 0. The summed E-state index contributed by atoms with van der Waals surface area (Å²) in [6, 6.07) is 0. The number of fused-ring (bicyclic) bond motifs is 1. The standard InChI is InChI=1S/C19H30O3/c1-5-9-19(3,4)17(21)8-6-7-13-14-10-12(2)18(22)15(14)11-16(13)20/h6-7,13-17,20-21H,2,5,8-11H2,1,3-4H3/t13-,14-,15-,16+,17?/m0/s1. The van der Waals surface area contributed by atoms with Crippen molar-refractivity contribution >= 4 is 5.78 Å². The van der Waals surface area contributed by atoms with Gasteiger partial charge in [-0.15, -0.1) is 0 Å². The Balaban J connectivity index is 1.96. The molecule has 124 valence electrons. The lowest BCUT2D eigenvalue weighted by atomic mass is 9.80. The minimum Gasteiger partial charge on any atom is -0.392 e. The van der Waals surface area contributed by atoms with Crippen LogP contribution in [0.1, 0.15) is 52.9 Å². The third-order valence-corrected chi connectivity index (χ3v) is 5.63. The Morgan fingerprint density at radius 3 is 2.77 bits per heavy atom. The molecular formula is C19H30O3. The Morgan fingerprint density at radius 2 is 2.14 bits per heavy atom. The minimum atomic E-state index is -0.441. The fourth-order valence-corrected chi connectivity index (χ4v) is 4.14. The molecule has 2 saturated carbocycles. The summed E-state index contributed by atoms with van der Waals surface area (Å²) in [4.78, 5) is 12.0. The maximum atomic E-state index is 12.0. The monoisotopic (exact) mass is 306 g/mol. The van der Waals surface area contributed by atoms with Crippen molar-refractivity contribution in [2.24, 2.45) is 23.2 Å². The van der Waals surface area contributed by atoms with E-state index in [1.807, 2.05) is 12.2 Å². The predicted molar refractivity (Wildman–Crippen MR) is 88.3 cm³/mol. The Hall–Kier alpha value is -0.930. The molecule has 0 aromatic rings. The number of Topliss-reactive ketones (excluding diaryl/α,β-unsaturated/α-hetero) is 1. The number of hydrogen-bond acceptors (Lipinski definition) is 3. The first-order valence-electron chi connectivity index (χ1n) is 8.52. The van der Waals surface area contributed by atoms with Crippen molar-refractivity contribution < 1.29 is 15.0 Å². The van der Waals surface area contributed by atoms with Gasteiger partial charge in [-0.3, -0.25) is 4.79 Å². The van der Waals surface area contributed by atoms with Crippen LogP contribution in [0.4, 0.5) is 0 Å². The molecule has 0 bridgehead atoms. The summed E-state index contributed by atoms with van der Waals surface area (Å²) in [7, 11) is 0. The van der Waals surface area contributed by atoms with Crippen LogP contribution in [-0.2, 0) is 4.79 Å². The molecule has 0 amide bonds. The molecule has 2 N–H and O–H groups in total. The maximum absolute atomic E-state index is 12.0. The third-order valence-electron chi connectivity index (χ3n) is 5.63. The first kappa shape index (κ1) is 17.4. The van der Waals surface area contributed by atoms with Gasteiger partial charge in [0.05, 0.1) is 12.2 Å². The van der Waals surface area contributed by atoms with Crippen molar-refractivity contribution in [2.75, 3.05) is 0 Å². The van der Waals surface area contributed by atoms with Crippen molar-refractivity contribution in [3.05, 3.63) is 24.3 Å². The van der Waals surface area contributed by atoms with Gasteiger partial charge in [-0.25, -0.2) is 0 Å². The highest BCUT2D eigenvalue weighted by Gasteiger charge is 2.49. The third kappa shape index (κ3) is 3.36. The van der Waals surface area contributed by atoms with Crippen LogP contribution in [0.3, 0.4) is 0 Å². The Labute approximate surface area is 134 Å². The number of aliphatic hydroxyl groups is 2. The average Bonchev–Trinajstić information content (AvgIpc) is 2.88. The zero-order chi connectivity index (χ0) is 16.5. The molecular weight excluding hydrogens is 276 g/mol. The maximum Gasteiger partial charge on any atom is 0.161 e. The van der Waals surface area contributed by atoms with Crippen molar-refractivity contribution in [1.29, 1.82) is 0 Å². The zero-order valence-electron chi connectivity index (χ0n) is 14.1. The van der Waals surface area contributed by atoms with Crippen LogP contribution in [0.2, 0.25) is 0 Å². The number of allylic oxidation sites excluding steroid dienone is 1. The molecule has 0 heterocycles. The molecule has 3 nitrogen and oxygen atoms in total. The smallest absolute Gasteiger partial charge is 0.161 e. The van der Waals surface area contributed by atoms with Crippen LogP contribution in [0, 0.1) is 23.2 Å². The van der Waals surface area contributed by atoms with Crippen molar-refractivity contribution in [1.82, 2.24) is 0 Å². The SMILES string of the molecule is C=C1C[C@H]2[C@H](C=CCC(O)C(C)(C)CCC)[C@H](O)C[C@@H]2C1=O. The number of carbonyl (C=O) groups is 1. The van der Waals surface area contributed by atoms with Crippen LogP contribution in [-0.4, -0.2) is 28.2 Å². The second-order valence-corrected chi connectivity index (χ2v) is 7.74. The van der Waals surface area contributed by atoms with E-state index in [1.165, 1.54) is 0 Å². The fourth-order valence-electron chi connectivity index (χ4n) is 4.14. The summed E-state index contributed by atoms with van der Waals surface area (Å²) in [6.45, 7) is 10.2. The number of hydrogen-bond donors (Lipinski definition) is 2. The quantitative estimate of drug-likeness (QED) is 0.585.